The summed E-state index contributed by atoms with van der Waals surface area (Å²) in [5, 5.41) is 9.39. The highest BCUT2D eigenvalue weighted by Gasteiger charge is 2.21. The molecule has 0 radical (unpaired) electrons. The molecular formula is C13H18BrFO. The third-order valence-electron chi connectivity index (χ3n) is 2.45. The number of hydrogen-bond donors (Lipinski definition) is 1. The molecule has 1 N–H and O–H groups in total. The first kappa shape index (κ1) is 13.7. The van der Waals surface area contributed by atoms with Crippen LogP contribution < -0.4 is 0 Å². The maximum atomic E-state index is 13.2. The van der Waals surface area contributed by atoms with Crippen molar-refractivity contribution in [3.63, 3.8) is 0 Å². The van der Waals surface area contributed by atoms with Crippen molar-refractivity contribution in [2.75, 3.05) is 0 Å². The van der Waals surface area contributed by atoms with Gasteiger partial charge in [0.1, 0.15) is 5.82 Å². The molecule has 0 aliphatic rings. The molecule has 0 aliphatic heterocycles. The standard InChI is InChI=1S/C13H18BrFO/c1-9(16)7-13(2,3)8-10-4-11(14)6-12(15)5-10/h4-6,9,16H,7-8H2,1-3H3. The van der Waals surface area contributed by atoms with E-state index in [1.165, 1.54) is 6.07 Å². The third kappa shape index (κ3) is 4.62. The Balaban J connectivity index is 2.79. The van der Waals surface area contributed by atoms with E-state index in [1.54, 1.807) is 13.0 Å². The highest BCUT2D eigenvalue weighted by molar-refractivity contribution is 9.10. The lowest BCUT2D eigenvalue weighted by Crippen LogP contribution is -2.21. The number of aliphatic hydroxyl groups excluding tert-OH is 1. The summed E-state index contributed by atoms with van der Waals surface area (Å²) < 4.78 is 13.9. The fourth-order valence-electron chi connectivity index (χ4n) is 2.14. The largest absolute Gasteiger partial charge is 0.393 e. The molecule has 1 aromatic rings. The fourth-order valence-corrected chi connectivity index (χ4v) is 2.65. The number of halogens is 2. The van der Waals surface area contributed by atoms with Crippen LogP contribution in [0.5, 0.6) is 0 Å². The minimum atomic E-state index is -0.327. The smallest absolute Gasteiger partial charge is 0.124 e. The predicted molar refractivity (Wildman–Crippen MR) is 67.9 cm³/mol. The summed E-state index contributed by atoms with van der Waals surface area (Å²) in [6.07, 6.45) is 1.14. The van der Waals surface area contributed by atoms with Crippen molar-refractivity contribution in [3.05, 3.63) is 34.1 Å². The summed E-state index contributed by atoms with van der Waals surface area (Å²) in [6, 6.07) is 4.92. The van der Waals surface area contributed by atoms with E-state index in [9.17, 15) is 9.50 Å². The van der Waals surface area contributed by atoms with Crippen molar-refractivity contribution in [1.82, 2.24) is 0 Å². The highest BCUT2D eigenvalue weighted by atomic mass is 79.9. The average Bonchev–Trinajstić information content (AvgIpc) is 1.95. The first-order chi connectivity index (χ1) is 7.28. The molecule has 0 aromatic heterocycles. The topological polar surface area (TPSA) is 20.2 Å². The summed E-state index contributed by atoms with van der Waals surface area (Å²) in [4.78, 5) is 0. The Labute approximate surface area is 105 Å². The van der Waals surface area contributed by atoms with Gasteiger partial charge in [-0.3, -0.25) is 0 Å². The molecule has 90 valence electrons. The van der Waals surface area contributed by atoms with Crippen LogP contribution in [-0.4, -0.2) is 11.2 Å². The average molecular weight is 289 g/mol. The molecule has 1 unspecified atom stereocenters. The van der Waals surface area contributed by atoms with E-state index in [2.05, 4.69) is 29.8 Å². The quantitative estimate of drug-likeness (QED) is 0.890. The van der Waals surface area contributed by atoms with Crippen molar-refractivity contribution in [2.24, 2.45) is 5.41 Å². The van der Waals surface area contributed by atoms with E-state index in [-0.39, 0.29) is 17.3 Å². The van der Waals surface area contributed by atoms with E-state index in [4.69, 9.17) is 0 Å². The van der Waals surface area contributed by atoms with Crippen LogP contribution >= 0.6 is 15.9 Å². The van der Waals surface area contributed by atoms with Gasteiger partial charge in [-0.2, -0.15) is 0 Å². The molecular weight excluding hydrogens is 271 g/mol. The molecule has 1 aromatic carbocycles. The molecule has 0 saturated heterocycles. The lowest BCUT2D eigenvalue weighted by Gasteiger charge is -2.26. The van der Waals surface area contributed by atoms with Crippen LogP contribution in [0, 0.1) is 11.2 Å². The molecule has 0 heterocycles. The number of rotatable bonds is 4. The van der Waals surface area contributed by atoms with E-state index in [1.807, 2.05) is 6.07 Å². The Morgan fingerprint density at radius 3 is 2.50 bits per heavy atom. The van der Waals surface area contributed by atoms with Gasteiger partial charge in [0.15, 0.2) is 0 Å². The zero-order chi connectivity index (χ0) is 12.3. The molecule has 1 atom stereocenters. The molecule has 1 nitrogen and oxygen atoms in total. The zero-order valence-corrected chi connectivity index (χ0v) is 11.5. The van der Waals surface area contributed by atoms with Gasteiger partial charge in [0.2, 0.25) is 0 Å². The molecule has 0 bridgehead atoms. The highest BCUT2D eigenvalue weighted by Crippen LogP contribution is 2.29. The monoisotopic (exact) mass is 288 g/mol. The summed E-state index contributed by atoms with van der Waals surface area (Å²) in [5.74, 6) is -0.225. The molecule has 0 amide bonds. The van der Waals surface area contributed by atoms with Gasteiger partial charge in [0.05, 0.1) is 6.10 Å². The Morgan fingerprint density at radius 1 is 1.38 bits per heavy atom. The molecule has 0 saturated carbocycles. The zero-order valence-electron chi connectivity index (χ0n) is 9.93. The predicted octanol–water partition coefficient (Wildman–Crippen LogP) is 3.93. The molecule has 16 heavy (non-hydrogen) atoms. The summed E-state index contributed by atoms with van der Waals surface area (Å²) >= 11 is 3.28. The molecule has 1 rings (SSSR count). The molecule has 3 heteroatoms. The minimum Gasteiger partial charge on any atom is -0.393 e. The number of benzene rings is 1. The van der Waals surface area contributed by atoms with Crippen molar-refractivity contribution < 1.29 is 9.50 Å². The van der Waals surface area contributed by atoms with Gasteiger partial charge in [-0.25, -0.2) is 4.39 Å². The van der Waals surface area contributed by atoms with Gasteiger partial charge in [-0.05, 0) is 48.9 Å². The third-order valence-corrected chi connectivity index (χ3v) is 2.91. The van der Waals surface area contributed by atoms with Crippen LogP contribution in [0.25, 0.3) is 0 Å². The lowest BCUT2D eigenvalue weighted by molar-refractivity contribution is 0.129. The number of hydrogen-bond acceptors (Lipinski definition) is 1. The van der Waals surface area contributed by atoms with E-state index in [0.29, 0.717) is 6.42 Å². The van der Waals surface area contributed by atoms with Gasteiger partial charge in [-0.1, -0.05) is 29.8 Å². The van der Waals surface area contributed by atoms with Crippen LogP contribution in [0.3, 0.4) is 0 Å². The fraction of sp³-hybridized carbons (Fsp3) is 0.538. The van der Waals surface area contributed by atoms with Gasteiger partial charge in [0.25, 0.3) is 0 Å². The van der Waals surface area contributed by atoms with Gasteiger partial charge in [0, 0.05) is 4.47 Å². The Hall–Kier alpha value is -0.410. The molecule has 0 spiro atoms. The Morgan fingerprint density at radius 2 is 2.00 bits per heavy atom. The van der Waals surface area contributed by atoms with Crippen LogP contribution in [0.4, 0.5) is 4.39 Å². The minimum absolute atomic E-state index is 0.0264. The van der Waals surface area contributed by atoms with Gasteiger partial charge < -0.3 is 5.11 Å². The molecule has 0 aliphatic carbocycles. The van der Waals surface area contributed by atoms with Gasteiger partial charge >= 0.3 is 0 Å². The van der Waals surface area contributed by atoms with Crippen molar-refractivity contribution >= 4 is 15.9 Å². The van der Waals surface area contributed by atoms with Crippen LogP contribution in [-0.2, 0) is 6.42 Å². The van der Waals surface area contributed by atoms with E-state index < -0.39 is 0 Å². The van der Waals surface area contributed by atoms with Crippen LogP contribution in [0.1, 0.15) is 32.8 Å². The lowest BCUT2D eigenvalue weighted by atomic mass is 9.81. The van der Waals surface area contributed by atoms with E-state index >= 15 is 0 Å². The molecule has 0 fully saturated rings. The van der Waals surface area contributed by atoms with Gasteiger partial charge in [-0.15, -0.1) is 0 Å². The second kappa shape index (κ2) is 5.28. The Kier molecular flexibility index (Phi) is 4.51. The summed E-state index contributed by atoms with van der Waals surface area (Å²) in [7, 11) is 0. The second-order valence-corrected chi connectivity index (χ2v) is 6.09. The Bertz CT molecular complexity index is 341. The first-order valence-corrected chi connectivity index (χ1v) is 6.21. The summed E-state index contributed by atoms with van der Waals surface area (Å²) in [6.45, 7) is 5.94. The van der Waals surface area contributed by atoms with Crippen LogP contribution in [0.2, 0.25) is 0 Å². The maximum Gasteiger partial charge on any atom is 0.124 e. The second-order valence-electron chi connectivity index (χ2n) is 5.17. The SMILES string of the molecule is CC(O)CC(C)(C)Cc1cc(F)cc(Br)c1. The van der Waals surface area contributed by atoms with E-state index in [0.717, 1.165) is 16.5 Å². The van der Waals surface area contributed by atoms with Crippen molar-refractivity contribution in [3.8, 4) is 0 Å². The normalized spacial score (nSPS) is 13.9. The van der Waals surface area contributed by atoms with Crippen LogP contribution in [0.15, 0.2) is 22.7 Å². The van der Waals surface area contributed by atoms with Crippen molar-refractivity contribution in [1.29, 1.82) is 0 Å². The summed E-state index contributed by atoms with van der Waals surface area (Å²) in [5.41, 5.74) is 0.930. The maximum absolute atomic E-state index is 13.2. The number of aliphatic hydroxyl groups is 1. The first-order valence-electron chi connectivity index (χ1n) is 5.41. The van der Waals surface area contributed by atoms with Crippen molar-refractivity contribution in [2.45, 2.75) is 39.7 Å².